The van der Waals surface area contributed by atoms with E-state index in [1.54, 1.807) is 11.3 Å². The Morgan fingerprint density at radius 3 is 3.11 bits per heavy atom. The van der Waals surface area contributed by atoms with Crippen LogP contribution in [0.2, 0.25) is 0 Å². The number of hydrogen-bond donors (Lipinski definition) is 2. The van der Waals surface area contributed by atoms with Gasteiger partial charge in [0.2, 0.25) is 5.91 Å². The van der Waals surface area contributed by atoms with Crippen molar-refractivity contribution in [1.29, 1.82) is 0 Å². The Kier molecular flexibility index (Phi) is 4.72. The molecule has 1 aromatic rings. The largest absolute Gasteiger partial charge is 0.347 e. The number of nitrogens with one attached hydrogen (secondary N) is 2. The van der Waals surface area contributed by atoms with Crippen LogP contribution in [0.3, 0.4) is 0 Å². The van der Waals surface area contributed by atoms with Crippen LogP contribution in [-0.2, 0) is 4.79 Å². The van der Waals surface area contributed by atoms with E-state index in [0.29, 0.717) is 12.5 Å². The lowest BCUT2D eigenvalue weighted by Crippen LogP contribution is -2.34. The fourth-order valence-corrected chi connectivity index (χ4v) is 3.21. The van der Waals surface area contributed by atoms with Gasteiger partial charge in [-0.1, -0.05) is 6.92 Å². The first-order chi connectivity index (χ1) is 8.69. The topological polar surface area (TPSA) is 54.0 Å². The predicted molar refractivity (Wildman–Crippen MR) is 73.7 cm³/mol. The fourth-order valence-electron chi connectivity index (χ4n) is 2.28. The van der Waals surface area contributed by atoms with Gasteiger partial charge in [0.05, 0.1) is 6.04 Å². The third-order valence-electron chi connectivity index (χ3n) is 3.27. The first-order valence-corrected chi connectivity index (χ1v) is 7.51. The molecule has 1 aliphatic heterocycles. The van der Waals surface area contributed by atoms with Gasteiger partial charge in [-0.25, -0.2) is 4.98 Å². The van der Waals surface area contributed by atoms with Gasteiger partial charge in [-0.2, -0.15) is 0 Å². The molecule has 1 fully saturated rings. The molecule has 4 nitrogen and oxygen atoms in total. The Hall–Kier alpha value is -0.940. The number of aromatic nitrogens is 1. The number of rotatable bonds is 5. The Morgan fingerprint density at radius 2 is 2.56 bits per heavy atom. The summed E-state index contributed by atoms with van der Waals surface area (Å²) in [6.45, 7) is 5.10. The summed E-state index contributed by atoms with van der Waals surface area (Å²) in [6, 6.07) is 0.429. The van der Waals surface area contributed by atoms with Gasteiger partial charge in [-0.15, -0.1) is 11.3 Å². The molecule has 18 heavy (non-hydrogen) atoms. The lowest BCUT2D eigenvalue weighted by Gasteiger charge is -2.16. The second-order valence-electron chi connectivity index (χ2n) is 4.85. The van der Waals surface area contributed by atoms with E-state index in [9.17, 15) is 4.79 Å². The van der Waals surface area contributed by atoms with E-state index in [-0.39, 0.29) is 11.9 Å². The summed E-state index contributed by atoms with van der Waals surface area (Å²) in [5.74, 6) is 0.133. The first kappa shape index (κ1) is 13.5. The molecule has 0 saturated carbocycles. The zero-order chi connectivity index (χ0) is 13.0. The lowest BCUT2D eigenvalue weighted by atomic mass is 10.1. The van der Waals surface area contributed by atoms with Crippen molar-refractivity contribution < 1.29 is 4.79 Å². The number of carbonyl (C=O) groups is 1. The first-order valence-electron chi connectivity index (χ1n) is 6.63. The molecule has 1 saturated heterocycles. The molecule has 2 heterocycles. The minimum atomic E-state index is 0.0672. The minimum absolute atomic E-state index is 0.0672. The Labute approximate surface area is 112 Å². The number of aryl methyl sites for hydroxylation is 1. The summed E-state index contributed by atoms with van der Waals surface area (Å²) in [4.78, 5) is 16.4. The summed E-state index contributed by atoms with van der Waals surface area (Å²) in [6.07, 6.45) is 3.76. The van der Waals surface area contributed by atoms with Gasteiger partial charge in [-0.3, -0.25) is 4.79 Å². The van der Waals surface area contributed by atoms with Crippen molar-refractivity contribution in [1.82, 2.24) is 15.6 Å². The zero-order valence-electron chi connectivity index (χ0n) is 11.0. The van der Waals surface area contributed by atoms with E-state index in [0.717, 1.165) is 30.1 Å². The highest BCUT2D eigenvalue weighted by atomic mass is 32.1. The Bertz CT molecular complexity index is 399. The number of carbonyl (C=O) groups excluding carboxylic acids is 1. The highest BCUT2D eigenvalue weighted by Crippen LogP contribution is 2.21. The monoisotopic (exact) mass is 267 g/mol. The highest BCUT2D eigenvalue weighted by molar-refractivity contribution is 7.09. The quantitative estimate of drug-likeness (QED) is 0.859. The predicted octanol–water partition coefficient (Wildman–Crippen LogP) is 2.16. The second-order valence-corrected chi connectivity index (χ2v) is 5.74. The molecule has 1 amide bonds. The molecule has 0 radical (unpaired) electrons. The van der Waals surface area contributed by atoms with Gasteiger partial charge in [0.25, 0.3) is 0 Å². The molecule has 2 rings (SSSR count). The molecule has 1 aliphatic rings. The van der Waals surface area contributed by atoms with Crippen LogP contribution >= 0.6 is 11.3 Å². The van der Waals surface area contributed by atoms with E-state index < -0.39 is 0 Å². The molecule has 100 valence electrons. The van der Waals surface area contributed by atoms with Crippen LogP contribution in [0.4, 0.5) is 0 Å². The third-order valence-corrected chi connectivity index (χ3v) is 4.35. The normalized spacial score (nSPS) is 20.9. The van der Waals surface area contributed by atoms with E-state index >= 15 is 0 Å². The van der Waals surface area contributed by atoms with E-state index in [1.807, 2.05) is 12.3 Å². The number of hydrogen-bond acceptors (Lipinski definition) is 4. The second kappa shape index (κ2) is 6.29. The van der Waals surface area contributed by atoms with Gasteiger partial charge in [0.1, 0.15) is 5.01 Å². The zero-order valence-corrected chi connectivity index (χ0v) is 11.8. The SMILES string of the molecule is CCC(NC(=O)CC1CCCN1)c1nc(C)cs1. The van der Waals surface area contributed by atoms with Gasteiger partial charge >= 0.3 is 0 Å². The molecule has 0 aliphatic carbocycles. The summed E-state index contributed by atoms with van der Waals surface area (Å²) in [5, 5.41) is 9.49. The van der Waals surface area contributed by atoms with Crippen molar-refractivity contribution in [2.75, 3.05) is 6.54 Å². The molecule has 0 bridgehead atoms. The van der Waals surface area contributed by atoms with Gasteiger partial charge in [-0.05, 0) is 32.7 Å². The summed E-state index contributed by atoms with van der Waals surface area (Å²) < 4.78 is 0. The van der Waals surface area contributed by atoms with Crippen molar-refractivity contribution in [3.8, 4) is 0 Å². The molecular formula is C13H21N3OS. The van der Waals surface area contributed by atoms with Crippen molar-refractivity contribution in [2.24, 2.45) is 0 Å². The van der Waals surface area contributed by atoms with Crippen LogP contribution in [0.15, 0.2) is 5.38 Å². The molecular weight excluding hydrogens is 246 g/mol. The van der Waals surface area contributed by atoms with Gasteiger partial charge in [0.15, 0.2) is 0 Å². The van der Waals surface area contributed by atoms with Crippen LogP contribution < -0.4 is 10.6 Å². The minimum Gasteiger partial charge on any atom is -0.347 e. The highest BCUT2D eigenvalue weighted by Gasteiger charge is 2.20. The average Bonchev–Trinajstić information content (AvgIpc) is 2.97. The van der Waals surface area contributed by atoms with Crippen molar-refractivity contribution >= 4 is 17.2 Å². The van der Waals surface area contributed by atoms with E-state index in [2.05, 4.69) is 22.5 Å². The standard InChI is InChI=1S/C13H21N3OS/c1-3-11(13-15-9(2)8-18-13)16-12(17)7-10-5-4-6-14-10/h8,10-11,14H,3-7H2,1-2H3,(H,16,17). The average molecular weight is 267 g/mol. The van der Waals surface area contributed by atoms with Gasteiger partial charge in [0, 0.05) is 23.5 Å². The molecule has 0 aromatic carbocycles. The summed E-state index contributed by atoms with van der Waals surface area (Å²) in [7, 11) is 0. The molecule has 1 aromatic heterocycles. The van der Waals surface area contributed by atoms with Crippen LogP contribution in [0, 0.1) is 6.92 Å². The maximum Gasteiger partial charge on any atom is 0.222 e. The van der Waals surface area contributed by atoms with E-state index in [4.69, 9.17) is 0 Å². The molecule has 2 atom stereocenters. The van der Waals surface area contributed by atoms with Gasteiger partial charge < -0.3 is 10.6 Å². The van der Waals surface area contributed by atoms with Crippen molar-refractivity contribution in [3.63, 3.8) is 0 Å². The fraction of sp³-hybridized carbons (Fsp3) is 0.692. The van der Waals surface area contributed by atoms with E-state index in [1.165, 1.54) is 6.42 Å². The summed E-state index contributed by atoms with van der Waals surface area (Å²) in [5.41, 5.74) is 1.03. The Balaban J connectivity index is 1.87. The number of thiazole rings is 1. The van der Waals surface area contributed by atoms with Crippen LogP contribution in [0.5, 0.6) is 0 Å². The van der Waals surface area contributed by atoms with Crippen molar-refractivity contribution in [3.05, 3.63) is 16.1 Å². The lowest BCUT2D eigenvalue weighted by molar-refractivity contribution is -0.122. The smallest absolute Gasteiger partial charge is 0.222 e. The summed E-state index contributed by atoms with van der Waals surface area (Å²) >= 11 is 1.63. The number of amides is 1. The Morgan fingerprint density at radius 1 is 1.72 bits per heavy atom. The molecule has 2 unspecified atom stereocenters. The maximum atomic E-state index is 12.0. The maximum absolute atomic E-state index is 12.0. The molecule has 0 spiro atoms. The molecule has 2 N–H and O–H groups in total. The molecule has 5 heteroatoms. The van der Waals surface area contributed by atoms with Crippen molar-refractivity contribution in [2.45, 2.75) is 51.6 Å². The van der Waals surface area contributed by atoms with Crippen LogP contribution in [0.25, 0.3) is 0 Å². The third kappa shape index (κ3) is 3.53. The number of nitrogens with zero attached hydrogens (tertiary/aromatic N) is 1. The van der Waals surface area contributed by atoms with Crippen LogP contribution in [-0.4, -0.2) is 23.5 Å². The van der Waals surface area contributed by atoms with Crippen LogP contribution in [0.1, 0.15) is 49.4 Å².